The smallest absolute Gasteiger partial charge is 0.252 e. The highest BCUT2D eigenvalue weighted by molar-refractivity contribution is 9.11. The summed E-state index contributed by atoms with van der Waals surface area (Å²) in [4.78, 5) is 2.22. The van der Waals surface area contributed by atoms with Gasteiger partial charge in [0.05, 0.1) is 3.79 Å². The van der Waals surface area contributed by atoms with E-state index in [-0.39, 0.29) is 17.9 Å². The van der Waals surface area contributed by atoms with E-state index in [4.69, 9.17) is 5.73 Å². The molecule has 0 aliphatic carbocycles. The van der Waals surface area contributed by atoms with Gasteiger partial charge in [-0.2, -0.15) is 4.31 Å². The molecule has 9 heteroatoms. The van der Waals surface area contributed by atoms with Gasteiger partial charge in [-0.1, -0.05) is 0 Å². The highest BCUT2D eigenvalue weighted by Crippen LogP contribution is 2.28. The SMILES string of the molecule is CC(C)(N)CN1CCN(S(=O)(=O)c2ccc(Br)s2)CC1.Cl. The minimum atomic E-state index is -3.34. The summed E-state index contributed by atoms with van der Waals surface area (Å²) in [6, 6.07) is 3.42. The molecule has 2 heterocycles. The lowest BCUT2D eigenvalue weighted by atomic mass is 10.1. The van der Waals surface area contributed by atoms with E-state index in [1.165, 1.54) is 11.3 Å². The molecule has 1 aliphatic heterocycles. The molecule has 1 aromatic rings. The van der Waals surface area contributed by atoms with E-state index < -0.39 is 10.0 Å². The topological polar surface area (TPSA) is 66.6 Å². The molecule has 0 unspecified atom stereocenters. The van der Waals surface area contributed by atoms with Crippen molar-refractivity contribution in [3.05, 3.63) is 15.9 Å². The maximum absolute atomic E-state index is 12.5. The van der Waals surface area contributed by atoms with Crippen molar-refractivity contribution in [1.82, 2.24) is 9.21 Å². The Bertz CT molecular complexity index is 563. The highest BCUT2D eigenvalue weighted by Gasteiger charge is 2.30. The molecule has 2 N–H and O–H groups in total. The number of piperazine rings is 1. The molecule has 0 bridgehead atoms. The van der Waals surface area contributed by atoms with E-state index in [2.05, 4.69) is 20.8 Å². The van der Waals surface area contributed by atoms with Crippen molar-refractivity contribution in [2.75, 3.05) is 32.7 Å². The van der Waals surface area contributed by atoms with Crippen LogP contribution in [0, 0.1) is 0 Å². The third-order valence-electron chi connectivity index (χ3n) is 3.11. The van der Waals surface area contributed by atoms with Gasteiger partial charge in [0.15, 0.2) is 0 Å². The molecule has 5 nitrogen and oxygen atoms in total. The number of hydrogen-bond donors (Lipinski definition) is 1. The fraction of sp³-hybridized carbons (Fsp3) is 0.667. The van der Waals surface area contributed by atoms with E-state index in [0.29, 0.717) is 17.3 Å². The molecule has 0 saturated carbocycles. The average Bonchev–Trinajstić information content (AvgIpc) is 2.75. The molecular weight excluding hydrogens is 398 g/mol. The largest absolute Gasteiger partial charge is 0.324 e. The minimum absolute atomic E-state index is 0. The molecule has 122 valence electrons. The molecule has 1 aliphatic rings. The van der Waals surface area contributed by atoms with E-state index in [1.807, 2.05) is 13.8 Å². The second-order valence-corrected chi connectivity index (χ2v) is 10.4. The van der Waals surface area contributed by atoms with Gasteiger partial charge in [-0.3, -0.25) is 4.90 Å². The van der Waals surface area contributed by atoms with Crippen molar-refractivity contribution in [3.8, 4) is 0 Å². The standard InChI is InChI=1S/C12H20BrN3O2S2.ClH/c1-12(2,14)9-15-5-7-16(8-6-15)20(17,18)11-4-3-10(13)19-11;/h3-4H,5-9,14H2,1-2H3;1H. The van der Waals surface area contributed by atoms with Crippen molar-refractivity contribution in [2.24, 2.45) is 5.73 Å². The van der Waals surface area contributed by atoms with E-state index in [1.54, 1.807) is 16.4 Å². The Kier molecular flexibility index (Phi) is 6.68. The zero-order valence-corrected chi connectivity index (χ0v) is 16.1. The second kappa shape index (κ2) is 7.25. The Labute approximate surface area is 145 Å². The Balaban J connectivity index is 0.00000220. The molecule has 21 heavy (non-hydrogen) atoms. The number of thiophene rings is 1. The molecule has 0 aromatic carbocycles. The first-order valence-electron chi connectivity index (χ1n) is 6.45. The van der Waals surface area contributed by atoms with Gasteiger partial charge in [0.2, 0.25) is 0 Å². The van der Waals surface area contributed by atoms with Gasteiger partial charge in [0.1, 0.15) is 4.21 Å². The lowest BCUT2D eigenvalue weighted by Gasteiger charge is -2.36. The fourth-order valence-electron chi connectivity index (χ4n) is 2.27. The first-order valence-corrected chi connectivity index (χ1v) is 9.50. The van der Waals surface area contributed by atoms with Crippen LogP contribution in [0.4, 0.5) is 0 Å². The van der Waals surface area contributed by atoms with Gasteiger partial charge in [0.25, 0.3) is 10.0 Å². The summed E-state index contributed by atoms with van der Waals surface area (Å²) in [6.45, 7) is 7.25. The monoisotopic (exact) mass is 417 g/mol. The molecule has 1 aromatic heterocycles. The summed E-state index contributed by atoms with van der Waals surface area (Å²) in [5, 5.41) is 0. The molecule has 1 fully saturated rings. The number of sulfonamides is 1. The van der Waals surface area contributed by atoms with E-state index >= 15 is 0 Å². The number of rotatable bonds is 4. The Morgan fingerprint density at radius 2 is 1.86 bits per heavy atom. The molecule has 0 atom stereocenters. The maximum atomic E-state index is 12.5. The van der Waals surface area contributed by atoms with E-state index in [0.717, 1.165) is 23.4 Å². The molecule has 1 saturated heterocycles. The van der Waals surface area contributed by atoms with Crippen LogP contribution in [0.2, 0.25) is 0 Å². The van der Waals surface area contributed by atoms with Crippen LogP contribution in [-0.2, 0) is 10.0 Å². The summed E-state index contributed by atoms with van der Waals surface area (Å²) in [7, 11) is -3.34. The number of hydrogen-bond acceptors (Lipinski definition) is 5. The lowest BCUT2D eigenvalue weighted by molar-refractivity contribution is 0.162. The van der Waals surface area contributed by atoms with E-state index in [9.17, 15) is 8.42 Å². The van der Waals surface area contributed by atoms with Crippen LogP contribution < -0.4 is 5.73 Å². The quantitative estimate of drug-likeness (QED) is 0.812. The number of halogens is 2. The van der Waals surface area contributed by atoms with Crippen LogP contribution in [0.3, 0.4) is 0 Å². The molecule has 0 spiro atoms. The average molecular weight is 419 g/mol. The lowest BCUT2D eigenvalue weighted by Crippen LogP contribution is -2.53. The van der Waals surface area contributed by atoms with Gasteiger partial charge in [-0.25, -0.2) is 8.42 Å². The normalized spacial score (nSPS) is 18.5. The van der Waals surface area contributed by atoms with Crippen molar-refractivity contribution < 1.29 is 8.42 Å². The third kappa shape index (κ3) is 5.16. The predicted octanol–water partition coefficient (Wildman–Crippen LogP) is 1.98. The number of nitrogens with zero attached hydrogens (tertiary/aromatic N) is 2. The summed E-state index contributed by atoms with van der Waals surface area (Å²) >= 11 is 4.56. The Morgan fingerprint density at radius 3 is 2.29 bits per heavy atom. The van der Waals surface area contributed by atoms with Crippen molar-refractivity contribution >= 4 is 49.7 Å². The van der Waals surface area contributed by atoms with Crippen LogP contribution in [0.1, 0.15) is 13.8 Å². The second-order valence-electron chi connectivity index (χ2n) is 5.73. The maximum Gasteiger partial charge on any atom is 0.252 e. The molecular formula is C12H21BrClN3O2S2. The predicted molar refractivity (Wildman–Crippen MR) is 92.7 cm³/mol. The molecule has 0 amide bonds. The van der Waals surface area contributed by atoms with Crippen LogP contribution in [-0.4, -0.2) is 55.9 Å². The van der Waals surface area contributed by atoms with Crippen molar-refractivity contribution in [3.63, 3.8) is 0 Å². The van der Waals surface area contributed by atoms with Crippen LogP contribution in [0.15, 0.2) is 20.1 Å². The van der Waals surface area contributed by atoms with Crippen molar-refractivity contribution in [1.29, 1.82) is 0 Å². The van der Waals surface area contributed by atoms with Gasteiger partial charge < -0.3 is 5.73 Å². The zero-order valence-electron chi connectivity index (χ0n) is 12.1. The minimum Gasteiger partial charge on any atom is -0.324 e. The van der Waals surface area contributed by atoms with Crippen molar-refractivity contribution in [2.45, 2.75) is 23.6 Å². The molecule has 0 radical (unpaired) electrons. The van der Waals surface area contributed by atoms with Gasteiger partial charge in [-0.05, 0) is 41.9 Å². The zero-order chi connectivity index (χ0) is 15.0. The molecule has 2 rings (SSSR count). The first kappa shape index (κ1) is 19.3. The summed E-state index contributed by atoms with van der Waals surface area (Å²) < 4.78 is 27.7. The Morgan fingerprint density at radius 1 is 1.29 bits per heavy atom. The summed E-state index contributed by atoms with van der Waals surface area (Å²) in [6.07, 6.45) is 0. The first-order chi connectivity index (χ1) is 9.18. The summed E-state index contributed by atoms with van der Waals surface area (Å²) in [5.41, 5.74) is 5.75. The van der Waals surface area contributed by atoms with Crippen LogP contribution >= 0.6 is 39.7 Å². The third-order valence-corrected chi connectivity index (χ3v) is 7.09. The van der Waals surface area contributed by atoms with Gasteiger partial charge in [0, 0.05) is 38.3 Å². The highest BCUT2D eigenvalue weighted by atomic mass is 79.9. The van der Waals surface area contributed by atoms with Gasteiger partial charge in [-0.15, -0.1) is 23.7 Å². The van der Waals surface area contributed by atoms with Gasteiger partial charge >= 0.3 is 0 Å². The summed E-state index contributed by atoms with van der Waals surface area (Å²) in [5.74, 6) is 0. The fourth-order valence-corrected chi connectivity index (χ4v) is 5.85. The number of nitrogens with two attached hydrogens (primary N) is 1. The van der Waals surface area contributed by atoms with Crippen LogP contribution in [0.5, 0.6) is 0 Å². The van der Waals surface area contributed by atoms with Crippen LogP contribution in [0.25, 0.3) is 0 Å². The Hall–Kier alpha value is 0.300.